The number of likely N-dealkylation sites (tertiary alicyclic amines) is 1. The van der Waals surface area contributed by atoms with Crippen LogP contribution in [-0.2, 0) is 19.4 Å². The van der Waals surface area contributed by atoms with Crippen LogP contribution in [0.5, 0.6) is 0 Å². The summed E-state index contributed by atoms with van der Waals surface area (Å²) in [5.41, 5.74) is 0. The Labute approximate surface area is 115 Å². The summed E-state index contributed by atoms with van der Waals surface area (Å²) >= 11 is 0. The van der Waals surface area contributed by atoms with Crippen LogP contribution in [0.1, 0.15) is 39.0 Å². The Balaban J connectivity index is 1.83. The molecule has 0 N–H and O–H groups in total. The molecule has 1 saturated carbocycles. The fraction of sp³-hybridized carbons (Fsp3) is 0.923. The molecule has 0 radical (unpaired) electrons. The fourth-order valence-electron chi connectivity index (χ4n) is 2.80. The molecule has 2 fully saturated rings. The first kappa shape index (κ1) is 14.8. The minimum absolute atomic E-state index is 0.0622. The first-order valence-corrected chi connectivity index (χ1v) is 8.75. The van der Waals surface area contributed by atoms with Crippen molar-refractivity contribution >= 4 is 15.7 Å². The highest BCUT2D eigenvalue weighted by molar-refractivity contribution is 7.92. The van der Waals surface area contributed by atoms with Gasteiger partial charge in [0.2, 0.25) is 5.91 Å². The Hall–Kier alpha value is -0.620. The molecule has 0 aromatic heterocycles. The summed E-state index contributed by atoms with van der Waals surface area (Å²) in [4.78, 5) is 13.2. The van der Waals surface area contributed by atoms with E-state index in [1.54, 1.807) is 4.90 Å². The van der Waals surface area contributed by atoms with Gasteiger partial charge in [-0.1, -0.05) is 19.3 Å². The summed E-state index contributed by atoms with van der Waals surface area (Å²) < 4.78 is 29.8. The first-order valence-electron chi connectivity index (χ1n) is 7.14. The van der Waals surface area contributed by atoms with Gasteiger partial charge in [0, 0.05) is 19.7 Å². The van der Waals surface area contributed by atoms with Gasteiger partial charge in [0.15, 0.2) is 9.84 Å². The molecule has 1 heterocycles. The van der Waals surface area contributed by atoms with Crippen LogP contribution in [-0.4, -0.2) is 56.0 Å². The van der Waals surface area contributed by atoms with Crippen molar-refractivity contribution in [1.82, 2.24) is 4.90 Å². The average molecular weight is 289 g/mol. The van der Waals surface area contributed by atoms with E-state index in [4.69, 9.17) is 4.74 Å². The smallest absolute Gasteiger partial charge is 0.248 e. The van der Waals surface area contributed by atoms with Crippen LogP contribution in [0, 0.1) is 0 Å². The lowest BCUT2D eigenvalue weighted by Gasteiger charge is -2.40. The predicted molar refractivity (Wildman–Crippen MR) is 72.7 cm³/mol. The summed E-state index contributed by atoms with van der Waals surface area (Å²) in [7, 11) is -3.05. The van der Waals surface area contributed by atoms with Gasteiger partial charge in [-0.2, -0.15) is 0 Å². The SMILES string of the molecule is CCOCC(=O)N1CC(S(=O)(=O)C2CCCCC2)C1. The third-order valence-corrected chi connectivity index (χ3v) is 6.74. The van der Waals surface area contributed by atoms with E-state index in [9.17, 15) is 13.2 Å². The van der Waals surface area contributed by atoms with Crippen molar-refractivity contribution in [3.63, 3.8) is 0 Å². The van der Waals surface area contributed by atoms with Crippen molar-refractivity contribution in [2.75, 3.05) is 26.3 Å². The highest BCUT2D eigenvalue weighted by atomic mass is 32.2. The van der Waals surface area contributed by atoms with Crippen LogP contribution in [0.4, 0.5) is 0 Å². The minimum Gasteiger partial charge on any atom is -0.372 e. The number of nitrogens with zero attached hydrogens (tertiary/aromatic N) is 1. The molecule has 0 bridgehead atoms. The molecule has 19 heavy (non-hydrogen) atoms. The monoisotopic (exact) mass is 289 g/mol. The molecule has 1 aliphatic carbocycles. The van der Waals surface area contributed by atoms with Crippen LogP contribution in [0.15, 0.2) is 0 Å². The zero-order chi connectivity index (χ0) is 13.9. The van der Waals surface area contributed by atoms with Gasteiger partial charge < -0.3 is 9.64 Å². The molecule has 110 valence electrons. The van der Waals surface area contributed by atoms with E-state index in [1.165, 1.54) is 0 Å². The molecule has 0 aromatic rings. The number of rotatable bonds is 5. The number of sulfone groups is 1. The van der Waals surface area contributed by atoms with Crippen molar-refractivity contribution in [2.24, 2.45) is 0 Å². The van der Waals surface area contributed by atoms with Gasteiger partial charge in [0.1, 0.15) is 6.61 Å². The number of carbonyl (C=O) groups excluding carboxylic acids is 1. The molecular formula is C13H23NO4S. The number of ether oxygens (including phenoxy) is 1. The molecule has 2 aliphatic rings. The molecule has 5 nitrogen and oxygen atoms in total. The van der Waals surface area contributed by atoms with Crippen LogP contribution >= 0.6 is 0 Å². The molecule has 1 amide bonds. The van der Waals surface area contributed by atoms with Crippen LogP contribution in [0.2, 0.25) is 0 Å². The molecule has 6 heteroatoms. The Morgan fingerprint density at radius 1 is 1.16 bits per heavy atom. The van der Waals surface area contributed by atoms with Crippen molar-refractivity contribution in [3.8, 4) is 0 Å². The van der Waals surface area contributed by atoms with Gasteiger partial charge in [0.05, 0.1) is 10.5 Å². The van der Waals surface area contributed by atoms with Crippen molar-refractivity contribution in [2.45, 2.75) is 49.5 Å². The number of carbonyl (C=O) groups is 1. The Morgan fingerprint density at radius 2 is 1.79 bits per heavy atom. The third-order valence-electron chi connectivity index (χ3n) is 4.11. The van der Waals surface area contributed by atoms with Crippen molar-refractivity contribution < 1.29 is 17.9 Å². The second-order valence-corrected chi connectivity index (χ2v) is 7.92. The number of amides is 1. The summed E-state index contributed by atoms with van der Waals surface area (Å²) in [5.74, 6) is -0.100. The highest BCUT2D eigenvalue weighted by Gasteiger charge is 2.43. The van der Waals surface area contributed by atoms with E-state index in [1.807, 2.05) is 6.92 Å². The summed E-state index contributed by atoms with van der Waals surface area (Å²) in [6.45, 7) is 3.10. The third kappa shape index (κ3) is 3.28. The molecule has 0 aromatic carbocycles. The van der Waals surface area contributed by atoms with Crippen molar-refractivity contribution in [1.29, 1.82) is 0 Å². The lowest BCUT2D eigenvalue weighted by molar-refractivity contribution is -0.139. The van der Waals surface area contributed by atoms with E-state index in [-0.39, 0.29) is 23.0 Å². The van der Waals surface area contributed by atoms with E-state index in [2.05, 4.69) is 0 Å². The second kappa shape index (κ2) is 6.22. The van der Waals surface area contributed by atoms with E-state index in [0.717, 1.165) is 32.1 Å². The van der Waals surface area contributed by atoms with Gasteiger partial charge in [-0.05, 0) is 19.8 Å². The maximum Gasteiger partial charge on any atom is 0.248 e. The average Bonchev–Trinajstić information content (AvgIpc) is 2.35. The summed E-state index contributed by atoms with van der Waals surface area (Å²) in [6.07, 6.45) is 4.78. The molecule has 2 rings (SSSR count). The Morgan fingerprint density at radius 3 is 2.37 bits per heavy atom. The predicted octanol–water partition coefficient (Wildman–Crippen LogP) is 0.981. The van der Waals surface area contributed by atoms with E-state index < -0.39 is 9.84 Å². The van der Waals surface area contributed by atoms with Crippen LogP contribution in [0.3, 0.4) is 0 Å². The number of hydrogen-bond acceptors (Lipinski definition) is 4. The highest BCUT2D eigenvalue weighted by Crippen LogP contribution is 2.29. The lowest BCUT2D eigenvalue weighted by Crippen LogP contribution is -2.59. The van der Waals surface area contributed by atoms with E-state index >= 15 is 0 Å². The van der Waals surface area contributed by atoms with Crippen LogP contribution < -0.4 is 0 Å². The fourth-order valence-corrected chi connectivity index (χ4v) is 5.11. The standard InChI is InChI=1S/C13H23NO4S/c1-2-18-10-13(15)14-8-12(9-14)19(16,17)11-6-4-3-5-7-11/h11-12H,2-10H2,1H3. The van der Waals surface area contributed by atoms with Gasteiger partial charge in [0.25, 0.3) is 0 Å². The zero-order valence-corrected chi connectivity index (χ0v) is 12.3. The molecular weight excluding hydrogens is 266 g/mol. The van der Waals surface area contributed by atoms with E-state index in [0.29, 0.717) is 19.7 Å². The molecule has 0 unspecified atom stereocenters. The zero-order valence-electron chi connectivity index (χ0n) is 11.5. The topological polar surface area (TPSA) is 63.7 Å². The largest absolute Gasteiger partial charge is 0.372 e. The quantitative estimate of drug-likeness (QED) is 0.757. The Kier molecular flexibility index (Phi) is 4.84. The second-order valence-electron chi connectivity index (χ2n) is 5.41. The van der Waals surface area contributed by atoms with Crippen molar-refractivity contribution in [3.05, 3.63) is 0 Å². The maximum atomic E-state index is 12.4. The van der Waals surface area contributed by atoms with Crippen LogP contribution in [0.25, 0.3) is 0 Å². The molecule has 1 saturated heterocycles. The molecule has 1 aliphatic heterocycles. The summed E-state index contributed by atoms with van der Waals surface area (Å²) in [5, 5.41) is -0.517. The molecule has 0 atom stereocenters. The normalized spacial score (nSPS) is 22.3. The summed E-state index contributed by atoms with van der Waals surface area (Å²) in [6, 6.07) is 0. The lowest BCUT2D eigenvalue weighted by atomic mass is 10.0. The van der Waals surface area contributed by atoms with Gasteiger partial charge in [-0.3, -0.25) is 4.79 Å². The van der Waals surface area contributed by atoms with Gasteiger partial charge in [-0.15, -0.1) is 0 Å². The molecule has 0 spiro atoms. The first-order chi connectivity index (χ1) is 9.05. The van der Waals surface area contributed by atoms with Gasteiger partial charge >= 0.3 is 0 Å². The Bertz CT molecular complexity index is 408. The van der Waals surface area contributed by atoms with Gasteiger partial charge in [-0.25, -0.2) is 8.42 Å². The maximum absolute atomic E-state index is 12.4. The number of hydrogen-bond donors (Lipinski definition) is 0. The minimum atomic E-state index is -3.05.